The second-order valence-corrected chi connectivity index (χ2v) is 3.93. The van der Waals surface area contributed by atoms with Crippen LogP contribution in [0.5, 0.6) is 0 Å². The topological polar surface area (TPSA) is 73.8 Å². The molecule has 5 nitrogen and oxygen atoms in total. The standard InChI is InChI=1S/C11H11ClN4O/c12-9-3-1-2-8(6-9)11(17)10-7-16(5-4-13)15-14-10/h1-3,6-7H,4-5,13H2. The summed E-state index contributed by atoms with van der Waals surface area (Å²) in [4.78, 5) is 12.0. The monoisotopic (exact) mass is 250 g/mol. The first-order valence-electron chi connectivity index (χ1n) is 5.11. The van der Waals surface area contributed by atoms with Gasteiger partial charge in [0.05, 0.1) is 12.7 Å². The minimum atomic E-state index is -0.198. The van der Waals surface area contributed by atoms with Crippen LogP contribution in [-0.2, 0) is 6.54 Å². The Labute approximate surface area is 103 Å². The number of hydrogen-bond acceptors (Lipinski definition) is 4. The van der Waals surface area contributed by atoms with Crippen molar-refractivity contribution in [1.82, 2.24) is 15.0 Å². The fraction of sp³-hybridized carbons (Fsp3) is 0.182. The molecule has 0 aliphatic heterocycles. The molecule has 0 saturated carbocycles. The molecular formula is C11H11ClN4O. The number of rotatable bonds is 4. The molecule has 1 aromatic heterocycles. The van der Waals surface area contributed by atoms with Crippen molar-refractivity contribution < 1.29 is 4.79 Å². The SMILES string of the molecule is NCCn1cc(C(=O)c2cccc(Cl)c2)nn1. The van der Waals surface area contributed by atoms with E-state index < -0.39 is 0 Å². The number of nitrogens with zero attached hydrogens (tertiary/aromatic N) is 3. The molecule has 0 aliphatic carbocycles. The molecule has 0 aliphatic rings. The second-order valence-electron chi connectivity index (χ2n) is 3.50. The highest BCUT2D eigenvalue weighted by Gasteiger charge is 2.13. The van der Waals surface area contributed by atoms with Crippen LogP contribution < -0.4 is 5.73 Å². The summed E-state index contributed by atoms with van der Waals surface area (Å²) in [5, 5.41) is 8.13. The van der Waals surface area contributed by atoms with Gasteiger partial charge in [0.15, 0.2) is 5.69 Å². The van der Waals surface area contributed by atoms with Crippen LogP contribution in [0.2, 0.25) is 5.02 Å². The normalized spacial score (nSPS) is 10.5. The van der Waals surface area contributed by atoms with E-state index in [4.69, 9.17) is 17.3 Å². The van der Waals surface area contributed by atoms with Gasteiger partial charge >= 0.3 is 0 Å². The molecule has 0 unspecified atom stereocenters. The molecule has 1 aromatic carbocycles. The van der Waals surface area contributed by atoms with Crippen molar-refractivity contribution in [3.63, 3.8) is 0 Å². The lowest BCUT2D eigenvalue weighted by atomic mass is 10.1. The highest BCUT2D eigenvalue weighted by atomic mass is 35.5. The molecule has 0 saturated heterocycles. The molecule has 0 spiro atoms. The summed E-state index contributed by atoms with van der Waals surface area (Å²) in [6, 6.07) is 6.73. The van der Waals surface area contributed by atoms with Crippen LogP contribution in [-0.4, -0.2) is 27.3 Å². The van der Waals surface area contributed by atoms with E-state index in [-0.39, 0.29) is 5.78 Å². The summed E-state index contributed by atoms with van der Waals surface area (Å²) in [5.41, 5.74) is 6.18. The maximum atomic E-state index is 12.0. The minimum absolute atomic E-state index is 0.198. The fourth-order valence-electron chi connectivity index (χ4n) is 1.42. The van der Waals surface area contributed by atoms with E-state index in [1.165, 1.54) is 4.68 Å². The quantitative estimate of drug-likeness (QED) is 0.826. The first-order valence-corrected chi connectivity index (χ1v) is 5.49. The van der Waals surface area contributed by atoms with Crippen molar-refractivity contribution in [3.05, 3.63) is 46.7 Å². The van der Waals surface area contributed by atoms with Gasteiger partial charge < -0.3 is 5.73 Å². The van der Waals surface area contributed by atoms with Gasteiger partial charge in [0, 0.05) is 17.1 Å². The number of carbonyl (C=O) groups is 1. The average molecular weight is 251 g/mol. The van der Waals surface area contributed by atoms with E-state index in [1.54, 1.807) is 30.5 Å². The van der Waals surface area contributed by atoms with Crippen molar-refractivity contribution in [2.45, 2.75) is 6.54 Å². The average Bonchev–Trinajstić information content (AvgIpc) is 2.77. The first kappa shape index (κ1) is 11.8. The first-order chi connectivity index (χ1) is 8.20. The van der Waals surface area contributed by atoms with Crippen LogP contribution in [0.15, 0.2) is 30.5 Å². The Morgan fingerprint density at radius 1 is 1.47 bits per heavy atom. The number of hydrogen-bond donors (Lipinski definition) is 1. The zero-order chi connectivity index (χ0) is 12.3. The molecule has 17 heavy (non-hydrogen) atoms. The van der Waals surface area contributed by atoms with Gasteiger partial charge in [0.25, 0.3) is 0 Å². The maximum absolute atomic E-state index is 12.0. The van der Waals surface area contributed by atoms with Crippen LogP contribution in [0.4, 0.5) is 0 Å². The third kappa shape index (κ3) is 2.69. The number of nitrogens with two attached hydrogens (primary N) is 1. The molecule has 0 fully saturated rings. The molecule has 0 atom stereocenters. The van der Waals surface area contributed by atoms with Crippen LogP contribution in [0.25, 0.3) is 0 Å². The van der Waals surface area contributed by atoms with Crippen molar-refractivity contribution in [2.75, 3.05) is 6.54 Å². The lowest BCUT2D eigenvalue weighted by molar-refractivity contribution is 0.103. The van der Waals surface area contributed by atoms with E-state index in [1.807, 2.05) is 0 Å². The van der Waals surface area contributed by atoms with Crippen molar-refractivity contribution in [1.29, 1.82) is 0 Å². The van der Waals surface area contributed by atoms with Gasteiger partial charge in [-0.05, 0) is 12.1 Å². The van der Waals surface area contributed by atoms with E-state index in [2.05, 4.69) is 10.3 Å². The van der Waals surface area contributed by atoms with Crippen molar-refractivity contribution in [2.24, 2.45) is 5.73 Å². The Kier molecular flexibility index (Phi) is 3.51. The third-order valence-electron chi connectivity index (χ3n) is 2.22. The van der Waals surface area contributed by atoms with E-state index >= 15 is 0 Å². The molecule has 0 bridgehead atoms. The molecule has 2 aromatic rings. The van der Waals surface area contributed by atoms with Crippen LogP contribution in [0, 0.1) is 0 Å². The summed E-state index contributed by atoms with van der Waals surface area (Å²) in [6.07, 6.45) is 1.58. The Bertz CT molecular complexity index is 538. The van der Waals surface area contributed by atoms with Crippen LogP contribution in [0.3, 0.4) is 0 Å². The molecule has 2 rings (SSSR count). The summed E-state index contributed by atoms with van der Waals surface area (Å²) in [5.74, 6) is -0.198. The Hall–Kier alpha value is -1.72. The Balaban J connectivity index is 2.24. The summed E-state index contributed by atoms with van der Waals surface area (Å²) >= 11 is 5.82. The summed E-state index contributed by atoms with van der Waals surface area (Å²) < 4.78 is 1.54. The lowest BCUT2D eigenvalue weighted by Crippen LogP contribution is -2.10. The number of carbonyl (C=O) groups excluding carboxylic acids is 1. The molecular weight excluding hydrogens is 240 g/mol. The third-order valence-corrected chi connectivity index (χ3v) is 2.45. The maximum Gasteiger partial charge on any atom is 0.214 e. The van der Waals surface area contributed by atoms with Gasteiger partial charge in [-0.2, -0.15) is 0 Å². The molecule has 88 valence electrons. The zero-order valence-electron chi connectivity index (χ0n) is 9.01. The van der Waals surface area contributed by atoms with Gasteiger partial charge in [-0.15, -0.1) is 5.10 Å². The molecule has 1 heterocycles. The molecule has 6 heteroatoms. The number of halogens is 1. The van der Waals surface area contributed by atoms with Gasteiger partial charge in [-0.3, -0.25) is 9.48 Å². The number of benzene rings is 1. The van der Waals surface area contributed by atoms with Crippen LogP contribution in [0.1, 0.15) is 16.1 Å². The lowest BCUT2D eigenvalue weighted by Gasteiger charge is -1.97. The smallest absolute Gasteiger partial charge is 0.214 e. The van der Waals surface area contributed by atoms with Crippen molar-refractivity contribution >= 4 is 17.4 Å². The number of ketones is 1. The molecule has 2 N–H and O–H groups in total. The van der Waals surface area contributed by atoms with E-state index in [0.29, 0.717) is 29.4 Å². The molecule has 0 radical (unpaired) electrons. The fourth-order valence-corrected chi connectivity index (χ4v) is 1.61. The highest BCUT2D eigenvalue weighted by Crippen LogP contribution is 2.13. The van der Waals surface area contributed by atoms with Gasteiger partial charge in [-0.25, -0.2) is 0 Å². The minimum Gasteiger partial charge on any atom is -0.329 e. The second kappa shape index (κ2) is 5.07. The van der Waals surface area contributed by atoms with Gasteiger partial charge in [0.2, 0.25) is 5.78 Å². The highest BCUT2D eigenvalue weighted by molar-refractivity contribution is 6.31. The Morgan fingerprint density at radius 3 is 3.00 bits per heavy atom. The van der Waals surface area contributed by atoms with E-state index in [9.17, 15) is 4.79 Å². The van der Waals surface area contributed by atoms with Crippen LogP contribution >= 0.6 is 11.6 Å². The van der Waals surface area contributed by atoms with Crippen molar-refractivity contribution in [3.8, 4) is 0 Å². The predicted octanol–water partition coefficient (Wildman–Crippen LogP) is 1.12. The zero-order valence-corrected chi connectivity index (χ0v) is 9.76. The predicted molar refractivity (Wildman–Crippen MR) is 64.0 cm³/mol. The summed E-state index contributed by atoms with van der Waals surface area (Å²) in [6.45, 7) is 0.990. The number of aromatic nitrogens is 3. The Morgan fingerprint density at radius 2 is 2.29 bits per heavy atom. The largest absolute Gasteiger partial charge is 0.329 e. The van der Waals surface area contributed by atoms with E-state index in [0.717, 1.165) is 0 Å². The van der Waals surface area contributed by atoms with Gasteiger partial charge in [-0.1, -0.05) is 28.9 Å². The summed E-state index contributed by atoms with van der Waals surface area (Å²) in [7, 11) is 0. The van der Waals surface area contributed by atoms with Gasteiger partial charge in [0.1, 0.15) is 0 Å². The molecule has 0 amide bonds.